The van der Waals surface area contributed by atoms with E-state index in [1.54, 1.807) is 11.3 Å². The third kappa shape index (κ3) is 6.88. The van der Waals surface area contributed by atoms with Gasteiger partial charge in [-0.05, 0) is 36.6 Å². The van der Waals surface area contributed by atoms with Crippen LogP contribution in [0.15, 0.2) is 22.5 Å². The zero-order valence-electron chi connectivity index (χ0n) is 15.3. The molecule has 2 rings (SSSR count). The standard InChI is InChI=1S/C18H31N3OS.HI/c1-5-19-17(21-13-15-9-7-11-23-15)20-12-14-8-6-10-22-16(14)18(2,3)4;/h7,9,11,14,16H,5-6,8,10,12-13H2,1-4H3,(H2,19,20,21);1H. The molecule has 1 fully saturated rings. The highest BCUT2D eigenvalue weighted by molar-refractivity contribution is 14.0. The minimum Gasteiger partial charge on any atom is -0.377 e. The Kier molecular flexibility index (Phi) is 9.59. The van der Waals surface area contributed by atoms with Crippen LogP contribution >= 0.6 is 35.3 Å². The Morgan fingerprint density at radius 2 is 2.17 bits per heavy atom. The Labute approximate surface area is 167 Å². The van der Waals surface area contributed by atoms with Crippen LogP contribution in [0, 0.1) is 11.3 Å². The van der Waals surface area contributed by atoms with Crippen molar-refractivity contribution in [3.63, 3.8) is 0 Å². The lowest BCUT2D eigenvalue weighted by Gasteiger charge is -2.40. The number of aliphatic imine (C=N–C) groups is 1. The summed E-state index contributed by atoms with van der Waals surface area (Å²) < 4.78 is 6.07. The van der Waals surface area contributed by atoms with Gasteiger partial charge in [0.15, 0.2) is 5.96 Å². The molecule has 1 aromatic heterocycles. The largest absolute Gasteiger partial charge is 0.377 e. The van der Waals surface area contributed by atoms with Crippen molar-refractivity contribution in [3.8, 4) is 0 Å². The molecule has 1 aliphatic heterocycles. The predicted molar refractivity (Wildman–Crippen MR) is 114 cm³/mol. The molecule has 2 N–H and O–H groups in total. The van der Waals surface area contributed by atoms with Crippen LogP contribution in [0.3, 0.4) is 0 Å². The summed E-state index contributed by atoms with van der Waals surface area (Å²) in [5.41, 5.74) is 0.180. The molecule has 2 heterocycles. The lowest BCUT2D eigenvalue weighted by molar-refractivity contribution is -0.0835. The molecule has 0 saturated carbocycles. The molecule has 1 aromatic rings. The lowest BCUT2D eigenvalue weighted by atomic mass is 9.78. The first-order chi connectivity index (χ1) is 11.0. The fourth-order valence-electron chi connectivity index (χ4n) is 3.14. The molecule has 1 aliphatic rings. The van der Waals surface area contributed by atoms with Gasteiger partial charge in [-0.25, -0.2) is 4.99 Å². The fraction of sp³-hybridized carbons (Fsp3) is 0.722. The lowest BCUT2D eigenvalue weighted by Crippen LogP contribution is -2.47. The van der Waals surface area contributed by atoms with Crippen LogP contribution in [0.2, 0.25) is 0 Å². The zero-order valence-corrected chi connectivity index (χ0v) is 18.4. The van der Waals surface area contributed by atoms with Crippen LogP contribution in [-0.4, -0.2) is 31.8 Å². The van der Waals surface area contributed by atoms with Crippen LogP contribution in [0.5, 0.6) is 0 Å². The van der Waals surface area contributed by atoms with E-state index < -0.39 is 0 Å². The van der Waals surface area contributed by atoms with Crippen LogP contribution in [0.4, 0.5) is 0 Å². The minimum atomic E-state index is 0. The quantitative estimate of drug-likeness (QED) is 0.388. The molecule has 0 bridgehead atoms. The minimum absolute atomic E-state index is 0. The Balaban J connectivity index is 0.00000288. The maximum absolute atomic E-state index is 6.07. The van der Waals surface area contributed by atoms with Crippen molar-refractivity contribution in [2.24, 2.45) is 16.3 Å². The summed E-state index contributed by atoms with van der Waals surface area (Å²) in [6.45, 7) is 12.3. The smallest absolute Gasteiger partial charge is 0.191 e. The number of guanidine groups is 1. The Hall–Kier alpha value is -0.340. The number of nitrogens with one attached hydrogen (secondary N) is 2. The summed E-state index contributed by atoms with van der Waals surface area (Å²) in [5.74, 6) is 1.44. The molecule has 0 amide bonds. The Morgan fingerprint density at radius 3 is 2.79 bits per heavy atom. The summed E-state index contributed by atoms with van der Waals surface area (Å²) in [6.07, 6.45) is 2.69. The zero-order chi connectivity index (χ0) is 16.7. The van der Waals surface area contributed by atoms with E-state index in [0.29, 0.717) is 12.0 Å². The van der Waals surface area contributed by atoms with Crippen molar-refractivity contribution in [1.82, 2.24) is 10.6 Å². The second-order valence-electron chi connectivity index (χ2n) is 7.22. The molecule has 2 atom stereocenters. The molecular formula is C18H32IN3OS. The number of halogens is 1. The van der Waals surface area contributed by atoms with Crippen molar-refractivity contribution in [2.45, 2.75) is 53.2 Å². The van der Waals surface area contributed by atoms with Gasteiger partial charge in [0.1, 0.15) is 0 Å². The molecule has 138 valence electrons. The van der Waals surface area contributed by atoms with Gasteiger partial charge < -0.3 is 15.4 Å². The number of nitrogens with zero attached hydrogens (tertiary/aromatic N) is 1. The number of rotatable bonds is 5. The summed E-state index contributed by atoms with van der Waals surface area (Å²) in [4.78, 5) is 5.98. The number of ether oxygens (including phenoxy) is 1. The van der Waals surface area contributed by atoms with Gasteiger partial charge >= 0.3 is 0 Å². The third-order valence-corrected chi connectivity index (χ3v) is 5.01. The highest BCUT2D eigenvalue weighted by atomic mass is 127. The van der Waals surface area contributed by atoms with E-state index in [2.05, 4.69) is 55.8 Å². The molecule has 6 heteroatoms. The normalized spacial score (nSPS) is 21.9. The predicted octanol–water partition coefficient (Wildman–Crippen LogP) is 4.26. The van der Waals surface area contributed by atoms with Crippen molar-refractivity contribution in [3.05, 3.63) is 22.4 Å². The average molecular weight is 465 g/mol. The van der Waals surface area contributed by atoms with Crippen LogP contribution in [0.1, 0.15) is 45.4 Å². The van der Waals surface area contributed by atoms with E-state index in [1.165, 1.54) is 11.3 Å². The van der Waals surface area contributed by atoms with Crippen LogP contribution < -0.4 is 10.6 Å². The van der Waals surface area contributed by atoms with Crippen molar-refractivity contribution >= 4 is 41.3 Å². The first kappa shape index (κ1) is 21.7. The van der Waals surface area contributed by atoms with Crippen LogP contribution in [-0.2, 0) is 11.3 Å². The third-order valence-electron chi connectivity index (χ3n) is 4.15. The Morgan fingerprint density at radius 1 is 1.38 bits per heavy atom. The number of hydrogen-bond acceptors (Lipinski definition) is 3. The van der Waals surface area contributed by atoms with Crippen molar-refractivity contribution in [1.29, 1.82) is 0 Å². The van der Waals surface area contributed by atoms with Gasteiger partial charge in [0.05, 0.1) is 12.6 Å². The van der Waals surface area contributed by atoms with Gasteiger partial charge in [-0.1, -0.05) is 26.8 Å². The topological polar surface area (TPSA) is 45.7 Å². The van der Waals surface area contributed by atoms with E-state index in [9.17, 15) is 0 Å². The summed E-state index contributed by atoms with van der Waals surface area (Å²) >= 11 is 1.75. The number of hydrogen-bond donors (Lipinski definition) is 2. The van der Waals surface area contributed by atoms with Crippen LogP contribution in [0.25, 0.3) is 0 Å². The van der Waals surface area contributed by atoms with Gasteiger partial charge in [-0.3, -0.25) is 0 Å². The number of thiophene rings is 1. The van der Waals surface area contributed by atoms with E-state index in [4.69, 9.17) is 9.73 Å². The molecule has 24 heavy (non-hydrogen) atoms. The molecular weight excluding hydrogens is 433 g/mol. The van der Waals surface area contributed by atoms with E-state index in [-0.39, 0.29) is 29.4 Å². The fourth-order valence-corrected chi connectivity index (χ4v) is 3.77. The van der Waals surface area contributed by atoms with Gasteiger partial charge in [0, 0.05) is 30.5 Å². The molecule has 0 aromatic carbocycles. The summed E-state index contributed by atoms with van der Waals surface area (Å²) in [6, 6.07) is 4.20. The van der Waals surface area contributed by atoms with Gasteiger partial charge in [0.2, 0.25) is 0 Å². The molecule has 0 spiro atoms. The van der Waals surface area contributed by atoms with Crippen molar-refractivity contribution in [2.75, 3.05) is 19.7 Å². The maximum atomic E-state index is 6.07. The molecule has 1 saturated heterocycles. The maximum Gasteiger partial charge on any atom is 0.191 e. The van der Waals surface area contributed by atoms with Gasteiger partial charge in [-0.15, -0.1) is 35.3 Å². The molecule has 0 radical (unpaired) electrons. The molecule has 4 nitrogen and oxygen atoms in total. The first-order valence-electron chi connectivity index (χ1n) is 8.67. The highest BCUT2D eigenvalue weighted by Gasteiger charge is 2.35. The monoisotopic (exact) mass is 465 g/mol. The SMILES string of the molecule is CCNC(=NCc1cccs1)NCC1CCCOC1C(C)(C)C.I. The van der Waals surface area contributed by atoms with Gasteiger partial charge in [-0.2, -0.15) is 0 Å². The first-order valence-corrected chi connectivity index (χ1v) is 9.55. The van der Waals surface area contributed by atoms with E-state index in [0.717, 1.165) is 38.6 Å². The highest BCUT2D eigenvalue weighted by Crippen LogP contribution is 2.33. The summed E-state index contributed by atoms with van der Waals surface area (Å²) in [7, 11) is 0. The Bertz CT molecular complexity index is 485. The second-order valence-corrected chi connectivity index (χ2v) is 8.25. The van der Waals surface area contributed by atoms with Gasteiger partial charge in [0.25, 0.3) is 0 Å². The van der Waals surface area contributed by atoms with Crippen molar-refractivity contribution < 1.29 is 4.74 Å². The van der Waals surface area contributed by atoms with E-state index in [1.807, 2.05) is 0 Å². The summed E-state index contributed by atoms with van der Waals surface area (Å²) in [5, 5.41) is 8.96. The average Bonchev–Trinajstić information content (AvgIpc) is 3.03. The second kappa shape index (κ2) is 10.6. The molecule has 0 aliphatic carbocycles. The van der Waals surface area contributed by atoms with E-state index >= 15 is 0 Å². The molecule has 2 unspecified atom stereocenters.